The number of rotatable bonds is 7. The van der Waals surface area contributed by atoms with Gasteiger partial charge in [-0.15, -0.1) is 0 Å². The summed E-state index contributed by atoms with van der Waals surface area (Å²) in [6, 6.07) is 5.65. The average molecular weight is 398 g/mol. The Kier molecular flexibility index (Phi) is 5.80. The largest absolute Gasteiger partial charge is 0.489 e. The maximum atomic E-state index is 11.8. The van der Waals surface area contributed by atoms with Crippen molar-refractivity contribution in [2.45, 2.75) is 32.4 Å². The first-order chi connectivity index (χ1) is 14.1. The number of pyridine rings is 2. The number of piperidine rings is 1. The van der Waals surface area contributed by atoms with Crippen molar-refractivity contribution in [2.24, 2.45) is 0 Å². The van der Waals surface area contributed by atoms with E-state index >= 15 is 0 Å². The average Bonchev–Trinajstić information content (AvgIpc) is 3.09. The summed E-state index contributed by atoms with van der Waals surface area (Å²) >= 11 is 0. The number of hydrogen-bond donors (Lipinski definition) is 1. The number of carbonyl (C=O) groups is 1. The highest BCUT2D eigenvalue weighted by Gasteiger charge is 2.26. The van der Waals surface area contributed by atoms with Crippen molar-refractivity contribution in [3.63, 3.8) is 0 Å². The molecule has 0 bridgehead atoms. The summed E-state index contributed by atoms with van der Waals surface area (Å²) in [5.41, 5.74) is 2.58. The summed E-state index contributed by atoms with van der Waals surface area (Å²) in [5, 5.41) is 2.83. The maximum absolute atomic E-state index is 11.8. The summed E-state index contributed by atoms with van der Waals surface area (Å²) in [6.07, 6.45) is 3.65. The van der Waals surface area contributed by atoms with Crippen molar-refractivity contribution >= 4 is 11.7 Å². The first-order valence-corrected chi connectivity index (χ1v) is 9.92. The van der Waals surface area contributed by atoms with Gasteiger partial charge >= 0.3 is 0 Å². The summed E-state index contributed by atoms with van der Waals surface area (Å²) < 4.78 is 16.5. The molecule has 4 rings (SSSR count). The van der Waals surface area contributed by atoms with Gasteiger partial charge in [-0.05, 0) is 24.6 Å². The van der Waals surface area contributed by atoms with Crippen molar-refractivity contribution in [1.29, 1.82) is 0 Å². The van der Waals surface area contributed by atoms with Gasteiger partial charge in [0.1, 0.15) is 24.3 Å². The highest BCUT2D eigenvalue weighted by atomic mass is 16.5. The Morgan fingerprint density at radius 3 is 2.79 bits per heavy atom. The first-order valence-electron chi connectivity index (χ1n) is 9.92. The molecule has 2 aromatic rings. The molecule has 0 unspecified atom stereocenters. The highest BCUT2D eigenvalue weighted by molar-refractivity contribution is 5.98. The standard InChI is InChI=1S/C21H26N4O4/c1-14-11-17-18(13-23-21(17)26)24-20(14)25-7-5-15(6-8-25)29-16-3-4-19(22-12-16)28-10-9-27-2/h3-4,11-12,15H,5-10,13H2,1-2H3,(H,23,26). The van der Waals surface area contributed by atoms with Crippen molar-refractivity contribution in [1.82, 2.24) is 15.3 Å². The van der Waals surface area contributed by atoms with Crippen LogP contribution in [0.3, 0.4) is 0 Å². The Bertz CT molecular complexity index is 864. The van der Waals surface area contributed by atoms with Crippen LogP contribution in [0.2, 0.25) is 0 Å². The van der Waals surface area contributed by atoms with E-state index in [4.69, 9.17) is 19.2 Å². The molecule has 0 aliphatic carbocycles. The lowest BCUT2D eigenvalue weighted by Gasteiger charge is -2.33. The molecule has 0 radical (unpaired) electrons. The number of carbonyl (C=O) groups excluding carboxylic acids is 1. The monoisotopic (exact) mass is 398 g/mol. The molecule has 2 aliphatic rings. The van der Waals surface area contributed by atoms with Gasteiger partial charge in [0.25, 0.3) is 5.91 Å². The summed E-state index contributed by atoms with van der Waals surface area (Å²) in [7, 11) is 1.64. The van der Waals surface area contributed by atoms with Gasteiger partial charge in [0.05, 0.1) is 30.6 Å². The molecule has 1 saturated heterocycles. The first kappa shape index (κ1) is 19.4. The molecule has 154 valence electrons. The fourth-order valence-electron chi connectivity index (χ4n) is 3.68. The van der Waals surface area contributed by atoms with Crippen LogP contribution in [0.15, 0.2) is 24.4 Å². The number of aromatic nitrogens is 2. The topological polar surface area (TPSA) is 85.8 Å². The number of amides is 1. The van der Waals surface area contributed by atoms with Gasteiger partial charge in [-0.2, -0.15) is 0 Å². The molecule has 29 heavy (non-hydrogen) atoms. The van der Waals surface area contributed by atoms with Crippen molar-refractivity contribution in [2.75, 3.05) is 38.3 Å². The predicted octanol–water partition coefficient (Wildman–Crippen LogP) is 2.10. The van der Waals surface area contributed by atoms with E-state index in [1.807, 2.05) is 25.1 Å². The fourth-order valence-corrected chi connectivity index (χ4v) is 3.68. The van der Waals surface area contributed by atoms with E-state index in [1.54, 1.807) is 13.3 Å². The van der Waals surface area contributed by atoms with Crippen molar-refractivity contribution in [3.8, 4) is 11.6 Å². The second-order valence-corrected chi connectivity index (χ2v) is 7.28. The number of hydrogen-bond acceptors (Lipinski definition) is 7. The number of fused-ring (bicyclic) bond motifs is 1. The van der Waals surface area contributed by atoms with Crippen LogP contribution in [0.25, 0.3) is 0 Å². The number of aryl methyl sites for hydroxylation is 1. The second kappa shape index (κ2) is 8.65. The SMILES string of the molecule is COCCOc1ccc(OC2CCN(c3nc4c(cc3C)C(=O)NC4)CC2)cn1. The van der Waals surface area contributed by atoms with Gasteiger partial charge in [-0.25, -0.2) is 9.97 Å². The molecule has 2 aromatic heterocycles. The smallest absolute Gasteiger partial charge is 0.253 e. The number of nitrogens with zero attached hydrogens (tertiary/aromatic N) is 3. The second-order valence-electron chi connectivity index (χ2n) is 7.28. The molecule has 0 aromatic carbocycles. The molecule has 1 N–H and O–H groups in total. The Morgan fingerprint density at radius 1 is 1.24 bits per heavy atom. The van der Waals surface area contributed by atoms with Gasteiger partial charge in [-0.1, -0.05) is 0 Å². The predicted molar refractivity (Wildman–Crippen MR) is 108 cm³/mol. The molecule has 0 atom stereocenters. The maximum Gasteiger partial charge on any atom is 0.253 e. The fraction of sp³-hybridized carbons (Fsp3) is 0.476. The van der Waals surface area contributed by atoms with E-state index in [0.717, 1.165) is 48.8 Å². The van der Waals surface area contributed by atoms with E-state index in [-0.39, 0.29) is 12.0 Å². The minimum atomic E-state index is -0.0296. The quantitative estimate of drug-likeness (QED) is 0.715. The zero-order valence-electron chi connectivity index (χ0n) is 16.8. The number of nitrogens with one attached hydrogen (secondary N) is 1. The van der Waals surface area contributed by atoms with Gasteiger partial charge in [-0.3, -0.25) is 4.79 Å². The van der Waals surface area contributed by atoms with Crippen molar-refractivity contribution in [3.05, 3.63) is 41.2 Å². The van der Waals surface area contributed by atoms with Crippen LogP contribution in [0.4, 0.5) is 5.82 Å². The molecule has 0 spiro atoms. The van der Waals surface area contributed by atoms with Crippen LogP contribution in [0.1, 0.15) is 34.5 Å². The third-order valence-electron chi connectivity index (χ3n) is 5.22. The minimum Gasteiger partial charge on any atom is -0.489 e. The summed E-state index contributed by atoms with van der Waals surface area (Å²) in [5.74, 6) is 2.25. The lowest BCUT2D eigenvalue weighted by molar-refractivity contribution is 0.0965. The van der Waals surface area contributed by atoms with E-state index in [0.29, 0.717) is 31.2 Å². The van der Waals surface area contributed by atoms with E-state index in [1.165, 1.54) is 0 Å². The lowest BCUT2D eigenvalue weighted by Crippen LogP contribution is -2.39. The molecule has 4 heterocycles. The molecule has 2 aliphatic heterocycles. The Balaban J connectivity index is 1.31. The normalized spacial score (nSPS) is 16.5. The van der Waals surface area contributed by atoms with E-state index in [9.17, 15) is 4.79 Å². The zero-order chi connectivity index (χ0) is 20.2. The summed E-state index contributed by atoms with van der Waals surface area (Å²) in [4.78, 5) is 23.1. The van der Waals surface area contributed by atoms with Gasteiger partial charge in [0.15, 0.2) is 0 Å². The van der Waals surface area contributed by atoms with Crippen molar-refractivity contribution < 1.29 is 19.0 Å². The molecule has 0 saturated carbocycles. The summed E-state index contributed by atoms with van der Waals surface area (Å²) in [6.45, 7) is 5.26. The van der Waals surface area contributed by atoms with Crippen LogP contribution in [-0.4, -0.2) is 55.4 Å². The molecule has 1 amide bonds. The minimum absolute atomic E-state index is 0.0296. The third kappa shape index (κ3) is 4.42. The third-order valence-corrected chi connectivity index (χ3v) is 5.22. The molecule has 1 fully saturated rings. The molecular formula is C21H26N4O4. The van der Waals surface area contributed by atoms with Gasteiger partial charge in [0.2, 0.25) is 5.88 Å². The zero-order valence-corrected chi connectivity index (χ0v) is 16.8. The number of ether oxygens (including phenoxy) is 3. The Labute approximate surface area is 170 Å². The van der Waals surface area contributed by atoms with Crippen LogP contribution >= 0.6 is 0 Å². The molecule has 8 nitrogen and oxygen atoms in total. The van der Waals surface area contributed by atoms with Crippen LogP contribution in [-0.2, 0) is 11.3 Å². The van der Waals surface area contributed by atoms with Gasteiger partial charge < -0.3 is 24.4 Å². The Morgan fingerprint density at radius 2 is 2.07 bits per heavy atom. The van der Waals surface area contributed by atoms with Crippen LogP contribution in [0, 0.1) is 6.92 Å². The highest BCUT2D eigenvalue weighted by Crippen LogP contribution is 2.27. The van der Waals surface area contributed by atoms with E-state index < -0.39 is 0 Å². The lowest BCUT2D eigenvalue weighted by atomic mass is 10.1. The Hall–Kier alpha value is -2.87. The molecule has 8 heteroatoms. The molecular weight excluding hydrogens is 372 g/mol. The van der Waals surface area contributed by atoms with Gasteiger partial charge in [0, 0.05) is 39.1 Å². The van der Waals surface area contributed by atoms with Crippen LogP contribution < -0.4 is 19.7 Å². The van der Waals surface area contributed by atoms with E-state index in [2.05, 4.69) is 15.2 Å². The van der Waals surface area contributed by atoms with Crippen LogP contribution in [0.5, 0.6) is 11.6 Å². The number of anilines is 1. The number of methoxy groups -OCH3 is 1.